The minimum absolute atomic E-state index is 0.264. The summed E-state index contributed by atoms with van der Waals surface area (Å²) in [4.78, 5) is 0. The monoisotopic (exact) mass is 285 g/mol. The van der Waals surface area contributed by atoms with Crippen LogP contribution in [0.3, 0.4) is 0 Å². The fourth-order valence-electron chi connectivity index (χ4n) is 1.02. The van der Waals surface area contributed by atoms with E-state index in [0.717, 1.165) is 10.1 Å². The number of quaternary nitrogens is 1. The molecule has 1 aliphatic rings. The van der Waals surface area contributed by atoms with E-state index in [1.807, 2.05) is 30.4 Å². The molecule has 0 N–H and O–H groups in total. The average Bonchev–Trinajstić information content (AvgIpc) is 2.11. The smallest absolute Gasteiger partial charge is 0.0949 e. The quantitative estimate of drug-likeness (QED) is 0.587. The van der Waals surface area contributed by atoms with Crippen molar-refractivity contribution >= 4 is 10.1 Å². The molecule has 1 aliphatic carbocycles. The lowest BCUT2D eigenvalue weighted by molar-refractivity contribution is -0.849. The minimum Gasteiger partial charge on any atom is -0.748 e. The van der Waals surface area contributed by atoms with E-state index in [2.05, 4.69) is 28.2 Å². The summed E-state index contributed by atoms with van der Waals surface area (Å²) in [6.45, 7) is 0. The summed E-state index contributed by atoms with van der Waals surface area (Å²) in [5.41, 5.74) is 0.838. The Bertz CT molecular complexity index is 471. The Kier molecular flexibility index (Phi) is 7.59. The minimum atomic E-state index is -4.11. The molecule has 0 fully saturated rings. The highest BCUT2D eigenvalue weighted by molar-refractivity contribution is 7.85. The Hall–Kier alpha value is -1.17. The van der Waals surface area contributed by atoms with Gasteiger partial charge in [-0.2, -0.15) is 0 Å². The first kappa shape index (κ1) is 17.8. The molecule has 0 aromatic heterocycles. The van der Waals surface area contributed by atoms with Gasteiger partial charge in [0.05, 0.1) is 38.3 Å². The van der Waals surface area contributed by atoms with Crippen molar-refractivity contribution in [1.29, 1.82) is 0 Å². The van der Waals surface area contributed by atoms with Crippen LogP contribution in [0.2, 0.25) is 0 Å². The highest BCUT2D eigenvalue weighted by Gasteiger charge is 1.97. The van der Waals surface area contributed by atoms with Crippen LogP contribution >= 0.6 is 0 Å². The highest BCUT2D eigenvalue weighted by atomic mass is 32.2. The van der Waals surface area contributed by atoms with Crippen molar-refractivity contribution in [3.63, 3.8) is 0 Å². The van der Waals surface area contributed by atoms with E-state index in [9.17, 15) is 13.0 Å². The van der Waals surface area contributed by atoms with Crippen molar-refractivity contribution in [2.24, 2.45) is 0 Å². The molecule has 0 aromatic carbocycles. The summed E-state index contributed by atoms with van der Waals surface area (Å²) in [6, 6.07) is 0. The van der Waals surface area contributed by atoms with Crippen LogP contribution in [0, 0.1) is 0 Å². The maximum absolute atomic E-state index is 10.4. The molecule has 0 aromatic rings. The van der Waals surface area contributed by atoms with Crippen LogP contribution in [-0.4, -0.2) is 51.4 Å². The zero-order valence-electron chi connectivity index (χ0n) is 12.0. The van der Waals surface area contributed by atoms with Crippen LogP contribution in [0.15, 0.2) is 48.1 Å². The summed E-state index contributed by atoms with van der Waals surface area (Å²) in [5, 5.41) is 0. The summed E-state index contributed by atoms with van der Waals surface area (Å²) in [5.74, 6) is -0.347. The maximum Gasteiger partial charge on any atom is 0.0949 e. The van der Waals surface area contributed by atoms with Gasteiger partial charge in [-0.3, -0.25) is 0 Å². The van der Waals surface area contributed by atoms with Crippen molar-refractivity contribution in [2.45, 2.75) is 6.42 Å². The Morgan fingerprint density at radius 2 is 1.47 bits per heavy atom. The normalized spacial score (nSPS) is 15.1. The summed E-state index contributed by atoms with van der Waals surface area (Å²) in [6.07, 6.45) is 13.0. The molecular weight excluding hydrogens is 262 g/mol. The van der Waals surface area contributed by atoms with Gasteiger partial charge in [-0.15, -0.1) is 0 Å². The SMILES string of the molecule is C[N+](C)(C)C.O=S(=O)([O-])CCC1=CC=CC=CC=C1. The molecule has 0 spiro atoms. The van der Waals surface area contributed by atoms with E-state index in [1.165, 1.54) is 0 Å². The first-order chi connectivity index (χ1) is 8.58. The zero-order valence-corrected chi connectivity index (χ0v) is 12.9. The van der Waals surface area contributed by atoms with Gasteiger partial charge in [0.1, 0.15) is 0 Å². The summed E-state index contributed by atoms with van der Waals surface area (Å²) in [7, 11) is 4.39. The van der Waals surface area contributed by atoms with E-state index < -0.39 is 10.1 Å². The second kappa shape index (κ2) is 8.09. The standard InChI is InChI=1S/C10H12O3S.C4H12N/c11-14(12,13)9-8-10-6-4-2-1-3-5-7-10;1-5(2,3)4/h1-7H,8-9H2,(H,11,12,13);1-4H3/q;+1/p-1. The fraction of sp³-hybridized carbons (Fsp3) is 0.429. The van der Waals surface area contributed by atoms with Gasteiger partial charge in [0.25, 0.3) is 0 Å². The van der Waals surface area contributed by atoms with Gasteiger partial charge in [-0.1, -0.05) is 42.5 Å². The van der Waals surface area contributed by atoms with Crippen molar-refractivity contribution in [3.05, 3.63) is 48.1 Å². The largest absolute Gasteiger partial charge is 0.748 e. The van der Waals surface area contributed by atoms with Crippen molar-refractivity contribution in [2.75, 3.05) is 33.9 Å². The van der Waals surface area contributed by atoms with Gasteiger partial charge in [-0.05, 0) is 12.0 Å². The molecule has 108 valence electrons. The lowest BCUT2D eigenvalue weighted by atomic mass is 10.1. The number of hydrogen-bond acceptors (Lipinski definition) is 3. The van der Waals surface area contributed by atoms with E-state index in [-0.39, 0.29) is 12.2 Å². The van der Waals surface area contributed by atoms with E-state index in [0.29, 0.717) is 0 Å². The molecule has 0 unspecified atom stereocenters. The molecule has 0 saturated carbocycles. The molecule has 19 heavy (non-hydrogen) atoms. The predicted octanol–water partition coefficient (Wildman–Crippen LogP) is 1.85. The number of rotatable bonds is 3. The molecular formula is C14H23NO3S. The molecule has 1 rings (SSSR count). The van der Waals surface area contributed by atoms with Gasteiger partial charge < -0.3 is 9.04 Å². The number of allylic oxidation sites excluding steroid dienone is 8. The van der Waals surface area contributed by atoms with Crippen molar-refractivity contribution in [1.82, 2.24) is 0 Å². The molecule has 4 nitrogen and oxygen atoms in total. The first-order valence-electron chi connectivity index (χ1n) is 6.01. The molecule has 0 aliphatic heterocycles. The van der Waals surface area contributed by atoms with Gasteiger partial charge in [0.2, 0.25) is 0 Å². The lowest BCUT2D eigenvalue weighted by Crippen LogP contribution is -2.27. The molecule has 0 bridgehead atoms. The summed E-state index contributed by atoms with van der Waals surface area (Å²) < 4.78 is 32.2. The fourth-order valence-corrected chi connectivity index (χ4v) is 1.50. The van der Waals surface area contributed by atoms with Gasteiger partial charge in [0, 0.05) is 5.75 Å². The molecule has 5 heteroatoms. The number of hydrogen-bond donors (Lipinski definition) is 0. The van der Waals surface area contributed by atoms with Crippen LogP contribution in [0.1, 0.15) is 6.42 Å². The molecule has 0 heterocycles. The van der Waals surface area contributed by atoms with E-state index in [4.69, 9.17) is 0 Å². The van der Waals surface area contributed by atoms with Gasteiger partial charge in [0.15, 0.2) is 0 Å². The van der Waals surface area contributed by atoms with Gasteiger partial charge >= 0.3 is 0 Å². The average molecular weight is 285 g/mol. The van der Waals surface area contributed by atoms with Crippen LogP contribution in [0.25, 0.3) is 0 Å². The van der Waals surface area contributed by atoms with Gasteiger partial charge in [-0.25, -0.2) is 8.42 Å². The summed E-state index contributed by atoms with van der Waals surface area (Å²) >= 11 is 0. The van der Waals surface area contributed by atoms with Crippen LogP contribution in [0.4, 0.5) is 0 Å². The zero-order chi connectivity index (χ0) is 14.9. The predicted molar refractivity (Wildman–Crippen MR) is 78.6 cm³/mol. The van der Waals surface area contributed by atoms with Crippen LogP contribution in [-0.2, 0) is 10.1 Å². The second-order valence-electron chi connectivity index (χ2n) is 5.57. The van der Waals surface area contributed by atoms with Crippen LogP contribution < -0.4 is 0 Å². The van der Waals surface area contributed by atoms with Crippen LogP contribution in [0.5, 0.6) is 0 Å². The van der Waals surface area contributed by atoms with E-state index in [1.54, 1.807) is 12.2 Å². The van der Waals surface area contributed by atoms with E-state index >= 15 is 0 Å². The Labute approximate surface area is 116 Å². The molecule has 0 radical (unpaired) electrons. The topological polar surface area (TPSA) is 57.2 Å². The second-order valence-corrected chi connectivity index (χ2v) is 7.09. The number of nitrogens with zero attached hydrogens (tertiary/aromatic N) is 1. The molecule has 0 amide bonds. The molecule has 0 saturated heterocycles. The Balaban J connectivity index is 0.000000555. The third kappa shape index (κ3) is 16.8. The Morgan fingerprint density at radius 3 is 2.00 bits per heavy atom. The van der Waals surface area contributed by atoms with Crippen molar-refractivity contribution < 1.29 is 17.5 Å². The molecule has 0 atom stereocenters. The lowest BCUT2D eigenvalue weighted by Gasteiger charge is -2.14. The third-order valence-corrected chi connectivity index (χ3v) is 2.41. The Morgan fingerprint density at radius 1 is 1.00 bits per heavy atom. The first-order valence-corrected chi connectivity index (χ1v) is 7.59. The maximum atomic E-state index is 10.4. The highest BCUT2D eigenvalue weighted by Crippen LogP contribution is 2.07. The third-order valence-electron chi connectivity index (χ3n) is 1.71. The van der Waals surface area contributed by atoms with Crippen molar-refractivity contribution in [3.8, 4) is 0 Å².